The summed E-state index contributed by atoms with van der Waals surface area (Å²) in [5.74, 6) is -2.73. The van der Waals surface area contributed by atoms with Crippen LogP contribution in [-0.2, 0) is 17.5 Å². The molecule has 0 bridgehead atoms. The number of pyridine rings is 1. The van der Waals surface area contributed by atoms with E-state index in [-0.39, 0.29) is 44.5 Å². The van der Waals surface area contributed by atoms with Crippen molar-refractivity contribution >= 4 is 44.9 Å². The van der Waals surface area contributed by atoms with E-state index < -0.39 is 34.5 Å². The number of nitro groups is 1. The number of carbonyl (C=O) groups is 2. The zero-order chi connectivity index (χ0) is 26.4. The minimum absolute atomic E-state index is 0.0393. The largest absolute Gasteiger partial charge is 0.464 e. The first-order chi connectivity index (χ1) is 16.9. The van der Waals surface area contributed by atoms with E-state index in [1.165, 1.54) is 36.1 Å². The molecule has 0 aliphatic carbocycles. The van der Waals surface area contributed by atoms with E-state index in [9.17, 15) is 32.9 Å². The normalized spacial score (nSPS) is 12.6. The van der Waals surface area contributed by atoms with Crippen molar-refractivity contribution in [2.24, 2.45) is 11.7 Å². The summed E-state index contributed by atoms with van der Waals surface area (Å²) in [4.78, 5) is 38.8. The number of aromatic nitrogens is 3. The number of halogens is 3. The SMILES string of the molecule is Cc1cc([N+](=O)[O-])nn1CC(C)C(=O)Nc1c(C(N)=O)sc2nc(C(F)(F)F)cc(-c3ccco3)c12. The van der Waals surface area contributed by atoms with Crippen LogP contribution in [-0.4, -0.2) is 31.5 Å². The lowest BCUT2D eigenvalue weighted by atomic mass is 10.1. The summed E-state index contributed by atoms with van der Waals surface area (Å²) in [6.07, 6.45) is -3.52. The number of anilines is 1. The van der Waals surface area contributed by atoms with Crippen molar-refractivity contribution in [3.63, 3.8) is 0 Å². The predicted molar refractivity (Wildman–Crippen MR) is 122 cm³/mol. The Hall–Kier alpha value is -4.27. The molecule has 1 atom stereocenters. The van der Waals surface area contributed by atoms with E-state index in [0.29, 0.717) is 17.0 Å². The van der Waals surface area contributed by atoms with E-state index in [1.807, 2.05) is 0 Å². The van der Waals surface area contributed by atoms with Crippen LogP contribution in [0.1, 0.15) is 28.0 Å². The van der Waals surface area contributed by atoms with Crippen LogP contribution < -0.4 is 11.1 Å². The van der Waals surface area contributed by atoms with Crippen LogP contribution in [0.15, 0.2) is 34.9 Å². The Kier molecular flexibility index (Phi) is 6.26. The van der Waals surface area contributed by atoms with Gasteiger partial charge < -0.3 is 25.6 Å². The first-order valence-corrected chi connectivity index (χ1v) is 11.1. The van der Waals surface area contributed by atoms with Crippen molar-refractivity contribution in [2.45, 2.75) is 26.6 Å². The lowest BCUT2D eigenvalue weighted by Gasteiger charge is -2.14. The number of amides is 2. The topological polar surface area (TPSA) is 159 Å². The molecule has 11 nitrogen and oxygen atoms in total. The quantitative estimate of drug-likeness (QED) is 0.269. The molecule has 3 N–H and O–H groups in total. The molecule has 15 heteroatoms. The highest BCUT2D eigenvalue weighted by molar-refractivity contribution is 7.21. The van der Waals surface area contributed by atoms with E-state index >= 15 is 0 Å². The number of nitrogens with two attached hydrogens (primary N) is 1. The molecule has 0 spiro atoms. The Morgan fingerprint density at radius 2 is 2.08 bits per heavy atom. The molecule has 0 aliphatic rings. The summed E-state index contributed by atoms with van der Waals surface area (Å²) in [6.45, 7) is 3.07. The molecule has 4 aromatic rings. The maximum absolute atomic E-state index is 13.5. The van der Waals surface area contributed by atoms with Crippen molar-refractivity contribution in [1.82, 2.24) is 14.8 Å². The van der Waals surface area contributed by atoms with Crippen molar-refractivity contribution in [3.05, 3.63) is 56.9 Å². The second-order valence-electron chi connectivity index (χ2n) is 7.85. The van der Waals surface area contributed by atoms with E-state index in [1.54, 1.807) is 6.92 Å². The van der Waals surface area contributed by atoms with Gasteiger partial charge in [-0.15, -0.1) is 11.3 Å². The molecule has 4 heterocycles. The number of fused-ring (bicyclic) bond motifs is 1. The first kappa shape index (κ1) is 24.8. The van der Waals surface area contributed by atoms with E-state index in [2.05, 4.69) is 15.4 Å². The number of hydrogen-bond donors (Lipinski definition) is 2. The standard InChI is InChI=1S/C21H17F3N6O5S/c1-9(8-29-10(2)6-14(28-29)30(33)34)19(32)27-16-15-11(12-4-3-5-35-12)7-13(21(22,23)24)26-20(15)36-17(16)18(25)31/h3-7,9H,8H2,1-2H3,(H2,25,31)(H,27,32). The monoisotopic (exact) mass is 522 g/mol. The van der Waals surface area contributed by atoms with Gasteiger partial charge >= 0.3 is 12.0 Å². The van der Waals surface area contributed by atoms with Crippen molar-refractivity contribution in [3.8, 4) is 11.3 Å². The van der Waals surface area contributed by atoms with Gasteiger partial charge in [0.05, 0.1) is 41.3 Å². The van der Waals surface area contributed by atoms with E-state index in [4.69, 9.17) is 10.2 Å². The zero-order valence-corrected chi connectivity index (χ0v) is 19.4. The van der Waals surface area contributed by atoms with Crippen LogP contribution >= 0.6 is 11.3 Å². The lowest BCUT2D eigenvalue weighted by molar-refractivity contribution is -0.389. The Balaban J connectivity index is 1.77. The number of nitrogens with one attached hydrogen (secondary N) is 1. The van der Waals surface area contributed by atoms with Gasteiger partial charge in [0.2, 0.25) is 5.91 Å². The highest BCUT2D eigenvalue weighted by atomic mass is 32.1. The number of carbonyl (C=O) groups excluding carboxylic acids is 2. The summed E-state index contributed by atoms with van der Waals surface area (Å²) < 4.78 is 47.1. The molecular weight excluding hydrogens is 505 g/mol. The molecule has 0 fully saturated rings. The highest BCUT2D eigenvalue weighted by Crippen LogP contribution is 2.43. The van der Waals surface area contributed by atoms with E-state index in [0.717, 1.165) is 6.07 Å². The van der Waals surface area contributed by atoms with Gasteiger partial charge in [-0.1, -0.05) is 6.92 Å². The smallest absolute Gasteiger partial charge is 0.433 e. The Morgan fingerprint density at radius 3 is 2.64 bits per heavy atom. The minimum Gasteiger partial charge on any atom is -0.464 e. The molecule has 0 aromatic carbocycles. The number of rotatable bonds is 7. The van der Waals surface area contributed by atoms with Gasteiger partial charge in [0.15, 0.2) is 0 Å². The highest BCUT2D eigenvalue weighted by Gasteiger charge is 2.35. The molecule has 0 aliphatic heterocycles. The fraction of sp³-hybridized carbons (Fsp3) is 0.238. The molecule has 36 heavy (non-hydrogen) atoms. The van der Waals surface area contributed by atoms with Gasteiger partial charge in [-0.3, -0.25) is 9.59 Å². The Labute approximate surface area is 203 Å². The maximum atomic E-state index is 13.5. The molecule has 188 valence electrons. The molecule has 0 saturated carbocycles. The van der Waals surface area contributed by atoms with Gasteiger partial charge in [-0.05, 0) is 30.0 Å². The molecule has 0 saturated heterocycles. The summed E-state index contributed by atoms with van der Waals surface area (Å²) >= 11 is 0.606. The van der Waals surface area contributed by atoms with Crippen LogP contribution in [0.4, 0.5) is 24.7 Å². The number of furan rings is 1. The third-order valence-electron chi connectivity index (χ3n) is 5.26. The van der Waals surface area contributed by atoms with Crippen LogP contribution in [0.5, 0.6) is 0 Å². The maximum Gasteiger partial charge on any atom is 0.433 e. The van der Waals surface area contributed by atoms with Gasteiger partial charge in [-0.25, -0.2) is 4.98 Å². The zero-order valence-electron chi connectivity index (χ0n) is 18.6. The molecule has 2 amide bonds. The van der Waals surface area contributed by atoms with Crippen LogP contribution in [0.3, 0.4) is 0 Å². The van der Waals surface area contributed by atoms with Gasteiger partial charge in [0.1, 0.15) is 21.2 Å². The summed E-state index contributed by atoms with van der Waals surface area (Å²) in [7, 11) is 0. The average Bonchev–Trinajstić information content (AvgIpc) is 3.52. The minimum atomic E-state index is -4.78. The molecule has 0 radical (unpaired) electrons. The van der Waals surface area contributed by atoms with Gasteiger partial charge in [0.25, 0.3) is 5.91 Å². The first-order valence-electron chi connectivity index (χ1n) is 10.2. The summed E-state index contributed by atoms with van der Waals surface area (Å²) in [5.41, 5.74) is 4.57. The third kappa shape index (κ3) is 4.64. The second-order valence-corrected chi connectivity index (χ2v) is 8.85. The van der Waals surface area contributed by atoms with Gasteiger partial charge in [0, 0.05) is 10.9 Å². The average molecular weight is 522 g/mol. The second kappa shape index (κ2) is 9.07. The lowest BCUT2D eigenvalue weighted by Crippen LogP contribution is -2.26. The fourth-order valence-electron chi connectivity index (χ4n) is 3.52. The number of nitrogens with zero attached hydrogens (tertiary/aromatic N) is 4. The fourth-order valence-corrected chi connectivity index (χ4v) is 4.53. The van der Waals surface area contributed by atoms with Crippen molar-refractivity contribution in [1.29, 1.82) is 0 Å². The molecule has 4 rings (SSSR count). The summed E-state index contributed by atoms with van der Waals surface area (Å²) in [6, 6.07) is 4.92. The number of primary amides is 1. The van der Waals surface area contributed by atoms with Crippen LogP contribution in [0.25, 0.3) is 21.5 Å². The number of aryl methyl sites for hydroxylation is 1. The van der Waals surface area contributed by atoms with Crippen molar-refractivity contribution in [2.75, 3.05) is 5.32 Å². The summed E-state index contributed by atoms with van der Waals surface area (Å²) in [5, 5.41) is 17.4. The Morgan fingerprint density at radius 1 is 1.36 bits per heavy atom. The number of alkyl halides is 3. The third-order valence-corrected chi connectivity index (χ3v) is 6.36. The molecule has 1 unspecified atom stereocenters. The van der Waals surface area contributed by atoms with Crippen LogP contribution in [0.2, 0.25) is 0 Å². The van der Waals surface area contributed by atoms with Gasteiger partial charge in [-0.2, -0.15) is 17.9 Å². The number of hydrogen-bond acceptors (Lipinski definition) is 8. The van der Waals surface area contributed by atoms with Crippen LogP contribution in [0, 0.1) is 23.0 Å². The molecular formula is C21H17F3N6O5S. The molecule has 4 aromatic heterocycles. The van der Waals surface area contributed by atoms with Crippen molar-refractivity contribution < 1.29 is 32.1 Å². The Bertz CT molecular complexity index is 1490. The number of thiophene rings is 1. The predicted octanol–water partition coefficient (Wildman–Crippen LogP) is 4.36.